The van der Waals surface area contributed by atoms with Crippen LogP contribution in [0.4, 0.5) is 0 Å². The van der Waals surface area contributed by atoms with Crippen molar-refractivity contribution in [1.29, 1.82) is 0 Å². The minimum Gasteiger partial charge on any atom is -0.718 e. The maximum atomic E-state index is 8.36. The zero-order valence-corrected chi connectivity index (χ0v) is 39.5. The van der Waals surface area contributed by atoms with Gasteiger partial charge in [0.25, 0.3) is 10.2 Å². The quantitative estimate of drug-likeness (QED) is 0.135. The molecule has 0 aromatic heterocycles. The molecule has 0 saturated carbocycles. The van der Waals surface area contributed by atoms with Crippen LogP contribution in [0.15, 0.2) is 24.0 Å². The zero-order valence-electron chi connectivity index (χ0n) is 36.5. The van der Waals surface area contributed by atoms with Crippen LogP contribution in [-0.2, 0) is 49.5 Å². The first kappa shape index (κ1) is 61.6. The second-order valence-corrected chi connectivity index (χ2v) is 15.5. The fourth-order valence-electron chi connectivity index (χ4n) is 7.47. The van der Waals surface area contributed by atoms with Crippen molar-refractivity contribution < 1.29 is 70.1 Å². The number of rotatable bonds is 8. The summed E-state index contributed by atoms with van der Waals surface area (Å²) < 4.78 is 0. The van der Waals surface area contributed by atoms with Crippen LogP contribution < -0.4 is 0 Å². The zero-order chi connectivity index (χ0) is 42.9. The van der Waals surface area contributed by atoms with E-state index in [0.717, 1.165) is 103 Å². The van der Waals surface area contributed by atoms with E-state index >= 15 is 0 Å². The molecule has 63 heavy (non-hydrogen) atoms. The summed E-state index contributed by atoms with van der Waals surface area (Å²) in [7, 11) is 0. The van der Waals surface area contributed by atoms with Gasteiger partial charge in [-0.05, 0) is 0 Å². The van der Waals surface area contributed by atoms with E-state index in [0.29, 0.717) is 0 Å². The van der Waals surface area contributed by atoms with Crippen LogP contribution in [0.3, 0.4) is 0 Å². The molecule has 0 aliphatic carbocycles. The topological polar surface area (TPSA) is 296 Å². The molecule has 0 radical (unpaired) electrons. The molecule has 7 atom stereocenters. The van der Waals surface area contributed by atoms with Gasteiger partial charge in [-0.25, -0.2) is 43.2 Å². The maximum absolute atomic E-state index is 8.36. The second-order valence-electron chi connectivity index (χ2n) is 15.5. The van der Waals surface area contributed by atoms with Crippen molar-refractivity contribution in [2.75, 3.05) is 52.4 Å². The first-order valence-electron chi connectivity index (χ1n) is 22.4. The predicted octanol–water partition coefficient (Wildman–Crippen LogP) is 11.7. The van der Waals surface area contributed by atoms with Gasteiger partial charge in [-0.1, -0.05) is 147 Å². The number of allylic oxidation sites excluding steroid dienone is 2. The summed E-state index contributed by atoms with van der Waals surface area (Å²) in [6, 6.07) is 0. The predicted molar refractivity (Wildman–Crippen MR) is 238 cm³/mol. The molecule has 0 amide bonds. The Morgan fingerprint density at radius 1 is 0.444 bits per heavy atom. The summed E-state index contributed by atoms with van der Waals surface area (Å²) in [4.78, 5) is 16.7. The number of hydrogen-bond donors (Lipinski definition) is 2. The van der Waals surface area contributed by atoms with Gasteiger partial charge in [-0.2, -0.15) is 0 Å². The van der Waals surface area contributed by atoms with Crippen molar-refractivity contribution >= 4 is 0 Å². The van der Waals surface area contributed by atoms with Gasteiger partial charge in [0.05, 0.1) is 0 Å². The summed E-state index contributed by atoms with van der Waals surface area (Å²) in [5, 5.41) is 81.4. The number of piperidine rings is 7. The molecular weight excluding hydrogens is 949 g/mol. The van der Waals surface area contributed by atoms with E-state index in [4.69, 9.17) is 30.6 Å². The van der Waals surface area contributed by atoms with Crippen molar-refractivity contribution in [2.45, 2.75) is 178 Å². The maximum Gasteiger partial charge on any atom is 0.291 e. The number of hydrogen-bond acceptors (Lipinski definition) is 4. The van der Waals surface area contributed by atoms with Gasteiger partial charge in [0, 0.05) is 49.5 Å². The molecule has 23 heteroatoms. The summed E-state index contributed by atoms with van der Waals surface area (Å²) in [5.74, 6) is 0.859. The van der Waals surface area contributed by atoms with Crippen molar-refractivity contribution in [3.63, 3.8) is 0 Å². The Morgan fingerprint density at radius 3 is 0.873 bits per heavy atom. The SMILES string of the molecule is C1=CC[N-]C([N-]C2CCCC[N-]2)=C1.C1CCC([N-]C2CCCC[N-]2)[N-]C1.C1CCC([N-]C2CCCC[N-]2)[N-]C1.C1CCC([N-]C2CCCC[N-]2)[N-]C1.O=[N+]([O-])O.O=[N+]([O-])O.[Ni].[Ni].[Ni]. The Hall–Kier alpha value is -1.44. The molecular formula is C40H70N14Ni3O6-12. The van der Waals surface area contributed by atoms with Crippen molar-refractivity contribution in [1.82, 2.24) is 0 Å². The fraction of sp³-hybridized carbons (Fsp3) is 0.900. The summed E-state index contributed by atoms with van der Waals surface area (Å²) >= 11 is 0. The van der Waals surface area contributed by atoms with Gasteiger partial charge in [0.2, 0.25) is 0 Å². The van der Waals surface area contributed by atoms with Crippen LogP contribution in [-0.4, -0.2) is 116 Å². The molecule has 20 nitrogen and oxygen atoms in total. The molecule has 2 N–H and O–H groups in total. The molecule has 0 aromatic carbocycles. The Balaban J connectivity index is 0.000000757. The van der Waals surface area contributed by atoms with Gasteiger partial charge in [0.1, 0.15) is 0 Å². The summed E-state index contributed by atoms with van der Waals surface area (Å²) in [6.07, 6.45) is 33.7. The Bertz CT molecular complexity index is 1000. The summed E-state index contributed by atoms with van der Waals surface area (Å²) in [6.45, 7) is 7.82. The minimum absolute atomic E-state index is 0. The average molecular weight is 1020 g/mol. The van der Waals surface area contributed by atoms with E-state index in [9.17, 15) is 0 Å². The van der Waals surface area contributed by atoms with Crippen molar-refractivity contribution in [2.24, 2.45) is 0 Å². The van der Waals surface area contributed by atoms with Gasteiger partial charge >= 0.3 is 0 Å². The summed E-state index contributed by atoms with van der Waals surface area (Å²) in [5.41, 5.74) is 0. The van der Waals surface area contributed by atoms with Crippen molar-refractivity contribution in [3.05, 3.63) is 108 Å². The molecule has 7 saturated heterocycles. The van der Waals surface area contributed by atoms with Crippen LogP contribution in [0, 0.1) is 20.2 Å². The molecule has 378 valence electrons. The average Bonchev–Trinajstić information content (AvgIpc) is 3.27. The molecule has 7 unspecified atom stereocenters. The van der Waals surface area contributed by atoms with E-state index in [1.54, 1.807) is 0 Å². The minimum atomic E-state index is -1.50. The van der Waals surface area contributed by atoms with Gasteiger partial charge in [-0.3, -0.25) is 5.82 Å². The molecule has 8 aliphatic heterocycles. The number of nitrogens with zero attached hydrogens (tertiary/aromatic N) is 14. The van der Waals surface area contributed by atoms with E-state index in [1.165, 1.54) is 89.9 Å². The van der Waals surface area contributed by atoms with Crippen LogP contribution in [0.25, 0.3) is 63.8 Å². The molecule has 8 aliphatic rings. The van der Waals surface area contributed by atoms with Gasteiger partial charge in [-0.15, -0.1) is 78.7 Å². The van der Waals surface area contributed by atoms with E-state index < -0.39 is 10.2 Å². The van der Waals surface area contributed by atoms with Gasteiger partial charge in [0.15, 0.2) is 0 Å². The second kappa shape index (κ2) is 40.8. The monoisotopic (exact) mass is 1020 g/mol. The fourth-order valence-corrected chi connectivity index (χ4v) is 7.47. The first-order valence-corrected chi connectivity index (χ1v) is 22.4. The van der Waals surface area contributed by atoms with E-state index in [1.807, 2.05) is 18.2 Å². The molecule has 7 fully saturated rings. The Labute approximate surface area is 406 Å². The first-order chi connectivity index (χ1) is 29.3. The van der Waals surface area contributed by atoms with Crippen LogP contribution in [0.5, 0.6) is 0 Å². The van der Waals surface area contributed by atoms with E-state index in [2.05, 4.69) is 63.8 Å². The normalized spacial score (nSPS) is 28.8. The molecule has 0 spiro atoms. The largest absolute Gasteiger partial charge is 0.718 e. The standard InChI is InChI=1S/3C10H18N3.C10H14N3.2HNO3.3Ni/c4*1-3-7-11-9(5-1)13-10-6-2-4-8-12-10;2*2-1(3)4;;;/h3*9-10H,1-8H2;1,3,5,10H,2,4,6-8H2;2*(H,2,3,4);;;/q4*-3;;;;;. The third kappa shape index (κ3) is 33.7. The molecule has 8 rings (SSSR count). The molecule has 0 bridgehead atoms. The van der Waals surface area contributed by atoms with Gasteiger partial charge < -0.3 is 74.2 Å². The van der Waals surface area contributed by atoms with E-state index in [-0.39, 0.29) is 92.6 Å². The van der Waals surface area contributed by atoms with Crippen LogP contribution >= 0.6 is 0 Å². The molecule has 0 aromatic rings. The third-order valence-electron chi connectivity index (χ3n) is 10.5. The smallest absolute Gasteiger partial charge is 0.291 e. The third-order valence-corrected chi connectivity index (χ3v) is 10.5. The van der Waals surface area contributed by atoms with Crippen LogP contribution in [0.1, 0.15) is 135 Å². The van der Waals surface area contributed by atoms with Crippen LogP contribution in [0.2, 0.25) is 0 Å². The molecule has 8 heterocycles. The Morgan fingerprint density at radius 2 is 0.683 bits per heavy atom. The Kier molecular flexibility index (Phi) is 39.9. The van der Waals surface area contributed by atoms with Crippen molar-refractivity contribution in [3.8, 4) is 0 Å².